The minimum absolute atomic E-state index is 0.313. The second kappa shape index (κ2) is 4.62. The van der Waals surface area contributed by atoms with Crippen LogP contribution in [0.25, 0.3) is 0 Å². The van der Waals surface area contributed by atoms with Crippen molar-refractivity contribution in [3.05, 3.63) is 0 Å². The summed E-state index contributed by atoms with van der Waals surface area (Å²) in [6, 6.07) is 0. The molecule has 1 spiro atoms. The number of rotatable bonds is 2. The van der Waals surface area contributed by atoms with Crippen molar-refractivity contribution in [2.45, 2.75) is 51.2 Å². The van der Waals surface area contributed by atoms with Crippen LogP contribution >= 0.6 is 0 Å². The molecule has 1 N–H and O–H groups in total. The van der Waals surface area contributed by atoms with Crippen LogP contribution < -0.4 is 0 Å². The average Bonchev–Trinajstić information content (AvgIpc) is 2.97. The number of likely N-dealkylation sites (tertiary alicyclic amines) is 1. The summed E-state index contributed by atoms with van der Waals surface area (Å²) in [6.07, 6.45) is 1.50. The Hall–Kier alpha value is -1.30. The molecule has 114 valence electrons. The van der Waals surface area contributed by atoms with Gasteiger partial charge in [0, 0.05) is 25.6 Å². The first kappa shape index (κ1) is 15.1. The predicted octanol–water partition coefficient (Wildman–Crippen LogP) is 1.88. The first-order chi connectivity index (χ1) is 9.16. The Balaban J connectivity index is 1.94. The van der Waals surface area contributed by atoms with Gasteiger partial charge in [0.2, 0.25) is 0 Å². The zero-order valence-corrected chi connectivity index (χ0v) is 12.6. The third kappa shape index (κ3) is 2.37. The Morgan fingerprint density at radius 2 is 1.75 bits per heavy atom. The van der Waals surface area contributed by atoms with Gasteiger partial charge in [-0.25, -0.2) is 9.59 Å². The van der Waals surface area contributed by atoms with Gasteiger partial charge in [0.25, 0.3) is 0 Å². The average molecular weight is 285 g/mol. The second-order valence-electron chi connectivity index (χ2n) is 6.76. The molecule has 0 bridgehead atoms. The maximum absolute atomic E-state index is 12.0. The van der Waals surface area contributed by atoms with Gasteiger partial charge in [-0.05, 0) is 40.0 Å². The highest BCUT2D eigenvalue weighted by Gasteiger charge is 2.73. The van der Waals surface area contributed by atoms with Crippen molar-refractivity contribution in [2.75, 3.05) is 20.2 Å². The summed E-state index contributed by atoms with van der Waals surface area (Å²) in [7, 11) is 1.45. The summed E-state index contributed by atoms with van der Waals surface area (Å²) in [4.78, 5) is 25.0. The Morgan fingerprint density at radius 1 is 1.20 bits per heavy atom. The van der Waals surface area contributed by atoms with Gasteiger partial charge < -0.3 is 19.5 Å². The second-order valence-corrected chi connectivity index (χ2v) is 6.76. The Kier molecular flexibility index (Phi) is 3.48. The number of carbonyl (C=O) groups excluding carboxylic acids is 1. The van der Waals surface area contributed by atoms with E-state index >= 15 is 0 Å². The molecular weight excluding hydrogens is 262 g/mol. The van der Waals surface area contributed by atoms with Crippen LogP contribution in [0.4, 0.5) is 4.79 Å². The van der Waals surface area contributed by atoms with E-state index in [9.17, 15) is 14.7 Å². The first-order valence-corrected chi connectivity index (χ1v) is 6.92. The lowest BCUT2D eigenvalue weighted by Gasteiger charge is -2.35. The van der Waals surface area contributed by atoms with Gasteiger partial charge in [-0.3, -0.25) is 0 Å². The highest BCUT2D eigenvalue weighted by Crippen LogP contribution is 2.64. The van der Waals surface area contributed by atoms with E-state index < -0.39 is 17.2 Å². The molecule has 1 aliphatic carbocycles. The minimum Gasteiger partial charge on any atom is -0.479 e. The minimum atomic E-state index is -1.05. The molecule has 0 aromatic carbocycles. The van der Waals surface area contributed by atoms with E-state index in [0.717, 1.165) is 0 Å². The lowest BCUT2D eigenvalue weighted by atomic mass is 9.89. The lowest BCUT2D eigenvalue weighted by Crippen LogP contribution is -2.45. The van der Waals surface area contributed by atoms with E-state index in [2.05, 4.69) is 0 Å². The smallest absolute Gasteiger partial charge is 0.410 e. The normalized spacial score (nSPS) is 28.3. The van der Waals surface area contributed by atoms with Crippen LogP contribution in [-0.2, 0) is 14.3 Å². The molecule has 1 aliphatic heterocycles. The molecule has 0 aromatic rings. The highest BCUT2D eigenvalue weighted by molar-refractivity contribution is 5.83. The van der Waals surface area contributed by atoms with E-state index in [1.165, 1.54) is 7.11 Å². The summed E-state index contributed by atoms with van der Waals surface area (Å²) in [6.45, 7) is 6.54. The number of hydrogen-bond donors (Lipinski definition) is 1. The van der Waals surface area contributed by atoms with Gasteiger partial charge in [0.15, 0.2) is 5.60 Å². The number of hydrogen-bond acceptors (Lipinski definition) is 4. The number of carbonyl (C=O) groups is 2. The molecule has 1 saturated heterocycles. The molecule has 2 aliphatic rings. The number of methoxy groups -OCH3 is 1. The van der Waals surface area contributed by atoms with E-state index in [-0.39, 0.29) is 11.5 Å². The van der Waals surface area contributed by atoms with Gasteiger partial charge in [-0.2, -0.15) is 0 Å². The summed E-state index contributed by atoms with van der Waals surface area (Å²) in [5.41, 5.74) is -1.87. The lowest BCUT2D eigenvalue weighted by molar-refractivity contribution is -0.155. The van der Waals surface area contributed by atoms with Crippen LogP contribution in [-0.4, -0.2) is 53.5 Å². The molecule has 1 unspecified atom stereocenters. The number of carboxylic acids is 1. The quantitative estimate of drug-likeness (QED) is 0.838. The summed E-state index contributed by atoms with van der Waals surface area (Å²) in [5, 5.41) is 9.32. The van der Waals surface area contributed by atoms with Crippen molar-refractivity contribution < 1.29 is 24.2 Å². The molecular formula is C14H23NO5. The largest absolute Gasteiger partial charge is 0.479 e. The molecule has 1 amide bonds. The fraction of sp³-hybridized carbons (Fsp3) is 0.857. The molecule has 2 rings (SSSR count). The zero-order chi connectivity index (χ0) is 15.2. The fourth-order valence-corrected chi connectivity index (χ4v) is 3.14. The monoisotopic (exact) mass is 285 g/mol. The molecule has 0 aromatic heterocycles. The standard InChI is InChI=1S/C14H23NO5/c1-12(2,3)20-11(18)15-7-5-13(6-8-15)9-14(13,19-4)10(16)17/h5-9H2,1-4H3,(H,16,17). The maximum atomic E-state index is 12.0. The number of ether oxygens (including phenoxy) is 2. The van der Waals surface area contributed by atoms with Crippen LogP contribution in [0.2, 0.25) is 0 Å². The molecule has 1 saturated carbocycles. The summed E-state index contributed by atoms with van der Waals surface area (Å²) >= 11 is 0. The predicted molar refractivity (Wildman–Crippen MR) is 71.5 cm³/mol. The molecule has 1 heterocycles. The van der Waals surface area contributed by atoms with Gasteiger partial charge >= 0.3 is 12.1 Å². The number of piperidine rings is 1. The number of carboxylic acid groups (broad SMARTS) is 1. The van der Waals surface area contributed by atoms with Crippen molar-refractivity contribution >= 4 is 12.1 Å². The first-order valence-electron chi connectivity index (χ1n) is 6.92. The van der Waals surface area contributed by atoms with Gasteiger partial charge in [-0.15, -0.1) is 0 Å². The highest BCUT2D eigenvalue weighted by atomic mass is 16.6. The van der Waals surface area contributed by atoms with Crippen molar-refractivity contribution in [2.24, 2.45) is 5.41 Å². The fourth-order valence-electron chi connectivity index (χ4n) is 3.14. The van der Waals surface area contributed by atoms with Crippen LogP contribution in [0.1, 0.15) is 40.0 Å². The summed E-state index contributed by atoms with van der Waals surface area (Å²) < 4.78 is 10.6. The van der Waals surface area contributed by atoms with E-state index in [0.29, 0.717) is 32.4 Å². The van der Waals surface area contributed by atoms with Crippen molar-refractivity contribution in [3.63, 3.8) is 0 Å². The molecule has 6 heteroatoms. The SMILES string of the molecule is COC1(C(=O)O)CC12CCN(C(=O)OC(C)(C)C)CC2. The van der Waals surface area contributed by atoms with Gasteiger partial charge in [0.05, 0.1) is 0 Å². The van der Waals surface area contributed by atoms with E-state index in [4.69, 9.17) is 9.47 Å². The van der Waals surface area contributed by atoms with Crippen molar-refractivity contribution in [1.29, 1.82) is 0 Å². The Morgan fingerprint density at radius 3 is 2.10 bits per heavy atom. The third-order valence-electron chi connectivity index (χ3n) is 4.39. The van der Waals surface area contributed by atoms with Gasteiger partial charge in [0.1, 0.15) is 5.60 Å². The zero-order valence-electron chi connectivity index (χ0n) is 12.6. The molecule has 0 radical (unpaired) electrons. The number of amides is 1. The van der Waals surface area contributed by atoms with E-state index in [1.54, 1.807) is 4.90 Å². The molecule has 2 fully saturated rings. The summed E-state index contributed by atoms with van der Waals surface area (Å²) in [5.74, 6) is -0.897. The van der Waals surface area contributed by atoms with Crippen molar-refractivity contribution in [3.8, 4) is 0 Å². The Labute approximate surface area is 119 Å². The van der Waals surface area contributed by atoms with Crippen LogP contribution in [0.15, 0.2) is 0 Å². The maximum Gasteiger partial charge on any atom is 0.410 e. The topological polar surface area (TPSA) is 76.1 Å². The molecule has 6 nitrogen and oxygen atoms in total. The van der Waals surface area contributed by atoms with Crippen molar-refractivity contribution in [1.82, 2.24) is 4.90 Å². The third-order valence-corrected chi connectivity index (χ3v) is 4.39. The number of aliphatic carboxylic acids is 1. The molecule has 1 atom stereocenters. The van der Waals surface area contributed by atoms with Crippen LogP contribution in [0.5, 0.6) is 0 Å². The van der Waals surface area contributed by atoms with E-state index in [1.807, 2.05) is 20.8 Å². The number of nitrogens with zero attached hydrogens (tertiary/aromatic N) is 1. The van der Waals surface area contributed by atoms with Crippen LogP contribution in [0.3, 0.4) is 0 Å². The van der Waals surface area contributed by atoms with Crippen LogP contribution in [0, 0.1) is 5.41 Å². The molecule has 20 heavy (non-hydrogen) atoms. The van der Waals surface area contributed by atoms with Gasteiger partial charge in [-0.1, -0.05) is 0 Å². The Bertz CT molecular complexity index is 420.